The zero-order chi connectivity index (χ0) is 15.4. The van der Waals surface area contributed by atoms with Crippen molar-refractivity contribution in [1.82, 2.24) is 9.78 Å². The monoisotopic (exact) mass is 292 g/mol. The molecule has 21 heavy (non-hydrogen) atoms. The number of aliphatic carboxylic acids is 1. The number of nitrogens with zero attached hydrogens (tertiary/aromatic N) is 2. The van der Waals surface area contributed by atoms with Crippen LogP contribution < -0.4 is 4.74 Å². The number of methoxy groups -OCH3 is 1. The SMILES string of the molecule is CCc1nn(-c2ccc(F)cc2)c(OC)c1CCC(=O)O. The molecule has 112 valence electrons. The summed E-state index contributed by atoms with van der Waals surface area (Å²) in [5.74, 6) is -0.694. The molecule has 2 rings (SSSR count). The Morgan fingerprint density at radius 2 is 2.05 bits per heavy atom. The van der Waals surface area contributed by atoms with E-state index in [1.54, 1.807) is 16.8 Å². The van der Waals surface area contributed by atoms with Crippen LogP contribution in [0, 0.1) is 5.82 Å². The number of rotatable bonds is 6. The molecule has 0 aliphatic carbocycles. The Morgan fingerprint density at radius 1 is 1.38 bits per heavy atom. The first kappa shape index (κ1) is 15.0. The van der Waals surface area contributed by atoms with Crippen molar-refractivity contribution in [2.75, 3.05) is 7.11 Å². The first-order valence-corrected chi connectivity index (χ1v) is 6.69. The fraction of sp³-hybridized carbons (Fsp3) is 0.333. The number of carboxylic acid groups (broad SMARTS) is 1. The van der Waals surface area contributed by atoms with Crippen LogP contribution in [0.5, 0.6) is 5.88 Å². The van der Waals surface area contributed by atoms with Gasteiger partial charge in [-0.1, -0.05) is 6.92 Å². The normalized spacial score (nSPS) is 10.6. The quantitative estimate of drug-likeness (QED) is 0.889. The number of carboxylic acids is 1. The molecule has 2 aromatic rings. The molecule has 0 fully saturated rings. The van der Waals surface area contributed by atoms with E-state index in [-0.39, 0.29) is 12.2 Å². The Morgan fingerprint density at radius 3 is 2.57 bits per heavy atom. The van der Waals surface area contributed by atoms with E-state index in [2.05, 4.69) is 5.10 Å². The molecule has 0 aliphatic rings. The Hall–Kier alpha value is -2.37. The summed E-state index contributed by atoms with van der Waals surface area (Å²) >= 11 is 0. The highest BCUT2D eigenvalue weighted by molar-refractivity contribution is 5.67. The van der Waals surface area contributed by atoms with Crippen molar-refractivity contribution in [3.63, 3.8) is 0 Å². The van der Waals surface area contributed by atoms with Gasteiger partial charge in [-0.25, -0.2) is 9.07 Å². The van der Waals surface area contributed by atoms with Crippen molar-refractivity contribution in [2.24, 2.45) is 0 Å². The van der Waals surface area contributed by atoms with Gasteiger partial charge in [0.15, 0.2) is 0 Å². The van der Waals surface area contributed by atoms with E-state index in [1.165, 1.54) is 19.2 Å². The molecule has 0 bridgehead atoms. The molecule has 0 saturated carbocycles. The maximum atomic E-state index is 13.0. The van der Waals surface area contributed by atoms with Crippen molar-refractivity contribution in [1.29, 1.82) is 0 Å². The molecular formula is C15H17FN2O3. The van der Waals surface area contributed by atoms with Gasteiger partial charge < -0.3 is 9.84 Å². The average Bonchev–Trinajstić information content (AvgIpc) is 2.83. The Kier molecular flexibility index (Phi) is 4.57. The first-order chi connectivity index (χ1) is 10.1. The second kappa shape index (κ2) is 6.39. The largest absolute Gasteiger partial charge is 0.481 e. The molecule has 1 aromatic heterocycles. The smallest absolute Gasteiger partial charge is 0.303 e. The summed E-state index contributed by atoms with van der Waals surface area (Å²) in [5, 5.41) is 13.3. The lowest BCUT2D eigenvalue weighted by Crippen LogP contribution is -2.02. The van der Waals surface area contributed by atoms with E-state index in [4.69, 9.17) is 9.84 Å². The van der Waals surface area contributed by atoms with E-state index in [9.17, 15) is 9.18 Å². The predicted octanol–water partition coefficient (Wildman–Crippen LogP) is 2.60. The van der Waals surface area contributed by atoms with Crippen LogP contribution in [-0.2, 0) is 17.6 Å². The van der Waals surface area contributed by atoms with Gasteiger partial charge in [0.05, 0.1) is 18.5 Å². The minimum atomic E-state index is -0.867. The third-order valence-electron chi connectivity index (χ3n) is 3.21. The standard InChI is InChI=1S/C15H17FN2O3/c1-3-13-12(8-9-14(19)20)15(21-2)18(17-13)11-6-4-10(16)5-7-11/h4-7H,3,8-9H2,1-2H3,(H,19,20). The van der Waals surface area contributed by atoms with Crippen LogP contribution in [0.1, 0.15) is 24.6 Å². The number of hydrogen-bond donors (Lipinski definition) is 1. The Balaban J connectivity index is 2.46. The summed E-state index contributed by atoms with van der Waals surface area (Å²) in [7, 11) is 1.51. The summed E-state index contributed by atoms with van der Waals surface area (Å²) in [6, 6.07) is 5.90. The van der Waals surface area contributed by atoms with Crippen LogP contribution in [-0.4, -0.2) is 28.0 Å². The van der Waals surface area contributed by atoms with E-state index in [1.807, 2.05) is 6.92 Å². The van der Waals surface area contributed by atoms with Gasteiger partial charge in [0.25, 0.3) is 0 Å². The number of aromatic nitrogens is 2. The first-order valence-electron chi connectivity index (χ1n) is 6.69. The molecule has 5 nitrogen and oxygen atoms in total. The van der Waals surface area contributed by atoms with Crippen LogP contribution in [0.25, 0.3) is 5.69 Å². The second-order valence-electron chi connectivity index (χ2n) is 4.57. The molecule has 1 N–H and O–H groups in total. The van der Waals surface area contributed by atoms with Gasteiger partial charge in [-0.2, -0.15) is 5.10 Å². The van der Waals surface area contributed by atoms with Crippen LogP contribution in [0.3, 0.4) is 0 Å². The van der Waals surface area contributed by atoms with Crippen molar-refractivity contribution >= 4 is 5.97 Å². The fourth-order valence-electron chi connectivity index (χ4n) is 2.21. The average molecular weight is 292 g/mol. The number of hydrogen-bond acceptors (Lipinski definition) is 3. The van der Waals surface area contributed by atoms with Crippen LogP contribution >= 0.6 is 0 Å². The molecule has 1 heterocycles. The minimum Gasteiger partial charge on any atom is -0.481 e. The summed E-state index contributed by atoms with van der Waals surface area (Å²) in [6.07, 6.45) is 1.03. The molecule has 0 unspecified atom stereocenters. The number of aryl methyl sites for hydroxylation is 1. The third kappa shape index (κ3) is 3.21. The zero-order valence-electron chi connectivity index (χ0n) is 12.0. The molecule has 6 heteroatoms. The molecule has 0 aliphatic heterocycles. The van der Waals surface area contributed by atoms with E-state index in [0.29, 0.717) is 24.4 Å². The summed E-state index contributed by atoms with van der Waals surface area (Å²) in [6.45, 7) is 1.95. The second-order valence-corrected chi connectivity index (χ2v) is 4.57. The predicted molar refractivity (Wildman–Crippen MR) is 75.4 cm³/mol. The Bertz CT molecular complexity index is 635. The maximum absolute atomic E-state index is 13.0. The van der Waals surface area contributed by atoms with E-state index >= 15 is 0 Å². The summed E-state index contributed by atoms with van der Waals surface area (Å²) in [5.41, 5.74) is 2.24. The highest BCUT2D eigenvalue weighted by atomic mass is 19.1. The van der Waals surface area contributed by atoms with Gasteiger partial charge in [-0.15, -0.1) is 0 Å². The van der Waals surface area contributed by atoms with Crippen molar-refractivity contribution in [3.8, 4) is 11.6 Å². The summed E-state index contributed by atoms with van der Waals surface area (Å²) < 4.78 is 20.0. The van der Waals surface area contributed by atoms with Gasteiger partial charge in [0.2, 0.25) is 5.88 Å². The number of halogens is 1. The van der Waals surface area contributed by atoms with Gasteiger partial charge in [-0.05, 0) is 37.1 Å². The Labute approximate surface area is 122 Å². The molecule has 0 amide bonds. The molecular weight excluding hydrogens is 275 g/mol. The molecule has 1 aromatic carbocycles. The lowest BCUT2D eigenvalue weighted by atomic mass is 10.1. The van der Waals surface area contributed by atoms with Gasteiger partial charge in [-0.3, -0.25) is 4.79 Å². The molecule has 0 spiro atoms. The van der Waals surface area contributed by atoms with Gasteiger partial charge in [0, 0.05) is 12.0 Å². The zero-order valence-corrected chi connectivity index (χ0v) is 12.0. The summed E-state index contributed by atoms with van der Waals surface area (Å²) in [4.78, 5) is 10.8. The lowest BCUT2D eigenvalue weighted by Gasteiger charge is -2.07. The molecule has 0 radical (unpaired) electrons. The number of ether oxygens (including phenoxy) is 1. The van der Waals surface area contributed by atoms with E-state index in [0.717, 1.165) is 11.3 Å². The molecule has 0 saturated heterocycles. The highest BCUT2D eigenvalue weighted by Crippen LogP contribution is 2.27. The number of carbonyl (C=O) groups is 1. The van der Waals surface area contributed by atoms with Crippen LogP contribution in [0.2, 0.25) is 0 Å². The third-order valence-corrected chi connectivity index (χ3v) is 3.21. The van der Waals surface area contributed by atoms with Gasteiger partial charge in [0.1, 0.15) is 5.82 Å². The highest BCUT2D eigenvalue weighted by Gasteiger charge is 2.19. The fourth-order valence-corrected chi connectivity index (χ4v) is 2.21. The van der Waals surface area contributed by atoms with E-state index < -0.39 is 5.97 Å². The topological polar surface area (TPSA) is 64.4 Å². The maximum Gasteiger partial charge on any atom is 0.303 e. The molecule has 0 atom stereocenters. The van der Waals surface area contributed by atoms with Gasteiger partial charge >= 0.3 is 5.97 Å². The van der Waals surface area contributed by atoms with Crippen molar-refractivity contribution in [3.05, 3.63) is 41.3 Å². The van der Waals surface area contributed by atoms with Crippen LogP contribution in [0.15, 0.2) is 24.3 Å². The minimum absolute atomic E-state index is 0.0124. The van der Waals surface area contributed by atoms with Crippen molar-refractivity contribution in [2.45, 2.75) is 26.2 Å². The number of benzene rings is 1. The lowest BCUT2D eigenvalue weighted by molar-refractivity contribution is -0.136. The van der Waals surface area contributed by atoms with Crippen molar-refractivity contribution < 1.29 is 19.0 Å². The van der Waals surface area contributed by atoms with Crippen LogP contribution in [0.4, 0.5) is 4.39 Å².